The minimum absolute atomic E-state index is 0.0142. The highest BCUT2D eigenvalue weighted by Crippen LogP contribution is 2.14. The van der Waals surface area contributed by atoms with E-state index < -0.39 is 10.1 Å². The summed E-state index contributed by atoms with van der Waals surface area (Å²) < 4.78 is 41.7. The van der Waals surface area contributed by atoms with Crippen LogP contribution in [0.3, 0.4) is 0 Å². The molecule has 0 bridgehead atoms. The van der Waals surface area contributed by atoms with Gasteiger partial charge in [-0.15, -0.1) is 0 Å². The number of rotatable bonds is 5. The van der Waals surface area contributed by atoms with Gasteiger partial charge in [0.05, 0.1) is 11.5 Å². The van der Waals surface area contributed by atoms with Crippen LogP contribution < -0.4 is 0 Å². The van der Waals surface area contributed by atoms with Crippen LogP contribution in [0.25, 0.3) is 0 Å². The largest absolute Gasteiger partial charge is 0.296 e. The van der Waals surface area contributed by atoms with Crippen LogP contribution in [0.2, 0.25) is 0 Å². The molecule has 0 spiro atoms. The van der Waals surface area contributed by atoms with Crippen molar-refractivity contribution >= 4 is 10.1 Å². The van der Waals surface area contributed by atoms with E-state index in [1.807, 2.05) is 6.92 Å². The minimum atomic E-state index is -3.75. The lowest BCUT2D eigenvalue weighted by atomic mass is 10.2. The van der Waals surface area contributed by atoms with E-state index in [0.717, 1.165) is 5.56 Å². The highest BCUT2D eigenvalue weighted by atomic mass is 32.2. The molecule has 20 heavy (non-hydrogen) atoms. The molecular formula is C15H15FO3S. The van der Waals surface area contributed by atoms with Crippen molar-refractivity contribution in [2.75, 3.05) is 6.61 Å². The van der Waals surface area contributed by atoms with Gasteiger partial charge in [0.25, 0.3) is 10.1 Å². The number of halogens is 1. The molecule has 2 rings (SSSR count). The molecule has 0 amide bonds. The summed E-state index contributed by atoms with van der Waals surface area (Å²) in [5.74, 6) is -0.344. The molecule has 0 aliphatic heterocycles. The fraction of sp³-hybridized carbons (Fsp3) is 0.200. The van der Waals surface area contributed by atoms with E-state index in [4.69, 9.17) is 4.18 Å². The van der Waals surface area contributed by atoms with Gasteiger partial charge in [0.15, 0.2) is 0 Å². The molecular weight excluding hydrogens is 279 g/mol. The molecule has 0 aromatic heterocycles. The highest BCUT2D eigenvalue weighted by molar-refractivity contribution is 7.86. The Kier molecular flexibility index (Phi) is 4.52. The first-order chi connectivity index (χ1) is 9.47. The molecule has 0 saturated heterocycles. The zero-order valence-corrected chi connectivity index (χ0v) is 11.9. The van der Waals surface area contributed by atoms with E-state index in [0.29, 0.717) is 12.0 Å². The van der Waals surface area contributed by atoms with E-state index >= 15 is 0 Å². The fourth-order valence-corrected chi connectivity index (χ4v) is 2.64. The van der Waals surface area contributed by atoms with Crippen LogP contribution in [0, 0.1) is 12.7 Å². The zero-order chi connectivity index (χ0) is 14.6. The summed E-state index contributed by atoms with van der Waals surface area (Å²) in [6.45, 7) is 1.86. The lowest BCUT2D eigenvalue weighted by Gasteiger charge is -2.06. The lowest BCUT2D eigenvalue weighted by Crippen LogP contribution is -2.09. The average Bonchev–Trinajstić information content (AvgIpc) is 2.39. The predicted octanol–water partition coefficient (Wildman–Crippen LogP) is 3.08. The summed E-state index contributed by atoms with van der Waals surface area (Å²) in [5, 5.41) is 0. The number of benzene rings is 2. The summed E-state index contributed by atoms with van der Waals surface area (Å²) in [6.07, 6.45) is 0.336. The van der Waals surface area contributed by atoms with Crippen LogP contribution in [0.5, 0.6) is 0 Å². The first-order valence-corrected chi connectivity index (χ1v) is 7.59. The van der Waals surface area contributed by atoms with Crippen LogP contribution in [0.1, 0.15) is 11.1 Å². The van der Waals surface area contributed by atoms with E-state index in [1.165, 1.54) is 24.3 Å². The van der Waals surface area contributed by atoms with E-state index in [2.05, 4.69) is 0 Å². The van der Waals surface area contributed by atoms with Crippen LogP contribution >= 0.6 is 0 Å². The van der Waals surface area contributed by atoms with Gasteiger partial charge in [-0.3, -0.25) is 4.18 Å². The molecule has 2 aromatic carbocycles. The van der Waals surface area contributed by atoms with Gasteiger partial charge in [0.1, 0.15) is 5.82 Å². The lowest BCUT2D eigenvalue weighted by molar-refractivity contribution is 0.322. The van der Waals surface area contributed by atoms with E-state index in [9.17, 15) is 12.8 Å². The Morgan fingerprint density at radius 1 is 1.10 bits per heavy atom. The molecule has 0 saturated carbocycles. The van der Waals surface area contributed by atoms with Crippen molar-refractivity contribution in [3.05, 3.63) is 65.5 Å². The summed E-state index contributed by atoms with van der Waals surface area (Å²) in [7, 11) is -3.75. The molecule has 3 nitrogen and oxygen atoms in total. The second kappa shape index (κ2) is 6.15. The molecule has 0 aliphatic rings. The van der Waals surface area contributed by atoms with Crippen molar-refractivity contribution in [1.82, 2.24) is 0 Å². The second-order valence-electron chi connectivity index (χ2n) is 4.47. The van der Waals surface area contributed by atoms with Gasteiger partial charge in [-0.25, -0.2) is 4.39 Å². The monoisotopic (exact) mass is 294 g/mol. The SMILES string of the molecule is Cc1ccc(S(=O)(=O)OCCc2cccc(F)c2)cc1. The van der Waals surface area contributed by atoms with Crippen LogP contribution in [0.15, 0.2) is 53.4 Å². The molecule has 0 fully saturated rings. The third-order valence-electron chi connectivity index (χ3n) is 2.83. The molecule has 2 aromatic rings. The predicted molar refractivity (Wildman–Crippen MR) is 74.4 cm³/mol. The molecule has 0 aliphatic carbocycles. The maximum absolute atomic E-state index is 13.0. The molecule has 0 unspecified atom stereocenters. The quantitative estimate of drug-likeness (QED) is 0.796. The molecule has 0 radical (unpaired) electrons. The number of hydrogen-bond donors (Lipinski definition) is 0. The molecule has 0 N–H and O–H groups in total. The van der Waals surface area contributed by atoms with Gasteiger partial charge in [-0.1, -0.05) is 29.8 Å². The maximum atomic E-state index is 13.0. The first kappa shape index (κ1) is 14.7. The normalized spacial score (nSPS) is 11.5. The van der Waals surface area contributed by atoms with Crippen molar-refractivity contribution in [3.8, 4) is 0 Å². The van der Waals surface area contributed by atoms with Gasteiger partial charge >= 0.3 is 0 Å². The molecule has 0 heterocycles. The number of hydrogen-bond acceptors (Lipinski definition) is 3. The Hall–Kier alpha value is -1.72. The van der Waals surface area contributed by atoms with Gasteiger partial charge in [0.2, 0.25) is 0 Å². The first-order valence-electron chi connectivity index (χ1n) is 6.18. The Bertz CT molecular complexity index is 679. The molecule has 5 heteroatoms. The minimum Gasteiger partial charge on any atom is -0.266 e. The Labute approximate surface area is 118 Å². The zero-order valence-electron chi connectivity index (χ0n) is 11.0. The second-order valence-corrected chi connectivity index (χ2v) is 6.08. The Balaban J connectivity index is 1.98. The van der Waals surface area contributed by atoms with Gasteiger partial charge < -0.3 is 0 Å². The summed E-state index contributed by atoms with van der Waals surface area (Å²) in [6, 6.07) is 12.4. The third-order valence-corrected chi connectivity index (χ3v) is 4.15. The fourth-order valence-electron chi connectivity index (χ4n) is 1.73. The standard InChI is InChI=1S/C15H15FO3S/c1-12-5-7-15(8-6-12)20(17,18)19-10-9-13-3-2-4-14(16)11-13/h2-8,11H,9-10H2,1H3. The smallest absolute Gasteiger partial charge is 0.266 e. The van der Waals surface area contributed by atoms with Gasteiger partial charge in [-0.05, 0) is 43.2 Å². The van der Waals surface area contributed by atoms with E-state index in [1.54, 1.807) is 24.3 Å². The van der Waals surface area contributed by atoms with Gasteiger partial charge in [-0.2, -0.15) is 8.42 Å². The van der Waals surface area contributed by atoms with Crippen LogP contribution in [-0.2, 0) is 20.7 Å². The van der Waals surface area contributed by atoms with Crippen molar-refractivity contribution in [3.63, 3.8) is 0 Å². The van der Waals surface area contributed by atoms with Crippen molar-refractivity contribution in [2.45, 2.75) is 18.2 Å². The topological polar surface area (TPSA) is 43.4 Å². The number of aryl methyl sites for hydroxylation is 1. The molecule has 106 valence electrons. The van der Waals surface area contributed by atoms with Crippen LogP contribution in [-0.4, -0.2) is 15.0 Å². The maximum Gasteiger partial charge on any atom is 0.296 e. The summed E-state index contributed by atoms with van der Waals surface area (Å²) in [4.78, 5) is 0.127. The summed E-state index contributed by atoms with van der Waals surface area (Å²) in [5.41, 5.74) is 1.67. The average molecular weight is 294 g/mol. The summed E-state index contributed by atoms with van der Waals surface area (Å²) >= 11 is 0. The van der Waals surface area contributed by atoms with Crippen LogP contribution in [0.4, 0.5) is 4.39 Å². The van der Waals surface area contributed by atoms with Crippen molar-refractivity contribution in [1.29, 1.82) is 0 Å². The van der Waals surface area contributed by atoms with Gasteiger partial charge in [0, 0.05) is 0 Å². The van der Waals surface area contributed by atoms with E-state index in [-0.39, 0.29) is 17.3 Å². The molecule has 0 atom stereocenters. The Morgan fingerprint density at radius 2 is 1.80 bits per heavy atom. The highest BCUT2D eigenvalue weighted by Gasteiger charge is 2.14. The van der Waals surface area contributed by atoms with Crippen molar-refractivity contribution < 1.29 is 17.0 Å². The Morgan fingerprint density at radius 3 is 2.45 bits per heavy atom. The third kappa shape index (κ3) is 3.88. The van der Waals surface area contributed by atoms with Crippen molar-refractivity contribution in [2.24, 2.45) is 0 Å².